The maximum atomic E-state index is 12.9. The minimum atomic E-state index is -3.53. The van der Waals surface area contributed by atoms with Crippen molar-refractivity contribution < 1.29 is 13.2 Å². The van der Waals surface area contributed by atoms with Gasteiger partial charge >= 0.3 is 0 Å². The third kappa shape index (κ3) is 4.16. The average Bonchev–Trinajstić information content (AvgIpc) is 2.90. The number of aryl methyl sites for hydroxylation is 1. The van der Waals surface area contributed by atoms with Gasteiger partial charge in [0.2, 0.25) is 10.0 Å². The van der Waals surface area contributed by atoms with E-state index >= 15 is 0 Å². The first-order valence-electron chi connectivity index (χ1n) is 9.81. The molecule has 2 aromatic carbocycles. The second-order valence-electron chi connectivity index (χ2n) is 7.29. The number of carbonyl (C=O) groups is 1. The van der Waals surface area contributed by atoms with E-state index in [9.17, 15) is 13.2 Å². The van der Waals surface area contributed by atoms with Crippen LogP contribution in [0.1, 0.15) is 36.0 Å². The van der Waals surface area contributed by atoms with Gasteiger partial charge in [-0.05, 0) is 65.2 Å². The molecular formula is C21H22BrN3O3S2. The first kappa shape index (κ1) is 21.4. The number of para-hydroxylation sites is 1. The number of halogens is 1. The Morgan fingerprint density at radius 1 is 1.03 bits per heavy atom. The van der Waals surface area contributed by atoms with E-state index in [0.29, 0.717) is 23.5 Å². The number of thiazole rings is 1. The van der Waals surface area contributed by atoms with Gasteiger partial charge in [-0.1, -0.05) is 30.2 Å². The lowest BCUT2D eigenvalue weighted by molar-refractivity contribution is 0.0998. The molecule has 1 saturated heterocycles. The van der Waals surface area contributed by atoms with Crippen LogP contribution in [0.5, 0.6) is 0 Å². The molecule has 1 aromatic heterocycles. The fourth-order valence-corrected chi connectivity index (χ4v) is 6.94. The summed E-state index contributed by atoms with van der Waals surface area (Å²) in [5.41, 5.74) is 1.34. The second-order valence-corrected chi connectivity index (χ2v) is 11.1. The van der Waals surface area contributed by atoms with Crippen LogP contribution in [0.2, 0.25) is 0 Å². The molecule has 2 heterocycles. The van der Waals surface area contributed by atoms with Gasteiger partial charge < -0.3 is 4.57 Å². The Morgan fingerprint density at radius 2 is 1.70 bits per heavy atom. The number of aromatic nitrogens is 1. The Kier molecular flexibility index (Phi) is 6.24. The molecule has 0 radical (unpaired) electrons. The van der Waals surface area contributed by atoms with Gasteiger partial charge in [0.1, 0.15) is 0 Å². The van der Waals surface area contributed by atoms with Crippen LogP contribution in [0.4, 0.5) is 0 Å². The number of sulfonamides is 1. The molecule has 0 aliphatic carbocycles. The highest BCUT2D eigenvalue weighted by Crippen LogP contribution is 2.25. The number of nitrogens with zero attached hydrogens (tertiary/aromatic N) is 3. The summed E-state index contributed by atoms with van der Waals surface area (Å²) in [6.07, 6.45) is 3.90. The summed E-state index contributed by atoms with van der Waals surface area (Å²) in [5, 5.41) is 0. The van der Waals surface area contributed by atoms with Crippen molar-refractivity contribution in [1.82, 2.24) is 8.87 Å². The van der Waals surface area contributed by atoms with Crippen molar-refractivity contribution in [3.63, 3.8) is 0 Å². The molecule has 0 saturated carbocycles. The van der Waals surface area contributed by atoms with Gasteiger partial charge in [0.25, 0.3) is 5.91 Å². The minimum Gasteiger partial charge on any atom is -0.318 e. The van der Waals surface area contributed by atoms with E-state index in [1.54, 1.807) is 16.4 Å². The highest BCUT2D eigenvalue weighted by atomic mass is 79.9. The molecule has 1 aliphatic heterocycles. The molecule has 9 heteroatoms. The van der Waals surface area contributed by atoms with Gasteiger partial charge in [-0.25, -0.2) is 8.42 Å². The number of fused-ring (bicyclic) bond motifs is 1. The standard InChI is InChI=1S/C21H22BrN3O3S2/c1-24-19-17(22)7-6-8-18(19)29-21(24)23-20(26)15-9-11-16(12-10-15)30(27,28)25-13-4-2-3-5-14-25/h6-12H,2-5,13-14H2,1H3. The molecule has 0 spiro atoms. The molecule has 0 bridgehead atoms. The van der Waals surface area contributed by atoms with Crippen molar-refractivity contribution in [2.24, 2.45) is 12.0 Å². The summed E-state index contributed by atoms with van der Waals surface area (Å²) < 4.78 is 31.2. The van der Waals surface area contributed by atoms with Crippen molar-refractivity contribution in [2.45, 2.75) is 30.6 Å². The number of rotatable bonds is 3. The van der Waals surface area contributed by atoms with Crippen molar-refractivity contribution in [3.05, 3.63) is 57.3 Å². The van der Waals surface area contributed by atoms with Crippen molar-refractivity contribution in [2.75, 3.05) is 13.1 Å². The van der Waals surface area contributed by atoms with E-state index in [4.69, 9.17) is 0 Å². The van der Waals surface area contributed by atoms with Crippen molar-refractivity contribution in [3.8, 4) is 0 Å². The first-order chi connectivity index (χ1) is 14.4. The van der Waals surface area contributed by atoms with E-state index in [2.05, 4.69) is 20.9 Å². The predicted molar refractivity (Wildman–Crippen MR) is 122 cm³/mol. The normalized spacial score (nSPS) is 16.7. The number of amides is 1. The van der Waals surface area contributed by atoms with Crippen molar-refractivity contribution in [1.29, 1.82) is 0 Å². The smallest absolute Gasteiger partial charge is 0.279 e. The summed E-state index contributed by atoms with van der Waals surface area (Å²) in [7, 11) is -1.66. The molecule has 3 aromatic rings. The van der Waals surface area contributed by atoms with Gasteiger partial charge in [-0.2, -0.15) is 9.30 Å². The maximum Gasteiger partial charge on any atom is 0.279 e. The van der Waals surface area contributed by atoms with Gasteiger partial charge in [0.05, 0.1) is 15.1 Å². The Hall–Kier alpha value is -1.81. The Balaban J connectivity index is 1.61. The maximum absolute atomic E-state index is 12.9. The zero-order chi connectivity index (χ0) is 21.3. The van der Waals surface area contributed by atoms with Crippen LogP contribution in [-0.2, 0) is 17.1 Å². The van der Waals surface area contributed by atoms with Gasteiger partial charge in [0.15, 0.2) is 4.80 Å². The van der Waals surface area contributed by atoms with Crippen molar-refractivity contribution >= 4 is 53.4 Å². The molecule has 6 nitrogen and oxygen atoms in total. The number of benzene rings is 2. The lowest BCUT2D eigenvalue weighted by atomic mass is 10.2. The molecular weight excluding hydrogens is 486 g/mol. The summed E-state index contributed by atoms with van der Waals surface area (Å²) in [4.78, 5) is 17.8. The number of carbonyl (C=O) groups excluding carboxylic acids is 1. The van der Waals surface area contributed by atoms with Crippen LogP contribution in [0.25, 0.3) is 10.2 Å². The molecule has 4 rings (SSSR count). The Morgan fingerprint density at radius 3 is 2.33 bits per heavy atom. The SMILES string of the molecule is Cn1c(=NC(=O)c2ccc(S(=O)(=O)N3CCCCCC3)cc2)sc2cccc(Br)c21. The van der Waals surface area contributed by atoms with Crippen LogP contribution in [-0.4, -0.2) is 36.3 Å². The zero-order valence-corrected chi connectivity index (χ0v) is 19.8. The monoisotopic (exact) mass is 507 g/mol. The van der Waals surface area contributed by atoms with Crippen LogP contribution in [0.15, 0.2) is 56.8 Å². The fourth-order valence-electron chi connectivity index (χ4n) is 3.62. The molecule has 158 valence electrons. The van der Waals surface area contributed by atoms with E-state index in [1.807, 2.05) is 29.8 Å². The first-order valence-corrected chi connectivity index (χ1v) is 12.9. The van der Waals surface area contributed by atoms with Crippen LogP contribution in [0, 0.1) is 0 Å². The lowest BCUT2D eigenvalue weighted by Gasteiger charge is -2.19. The summed E-state index contributed by atoms with van der Waals surface area (Å²) >= 11 is 4.97. The van der Waals surface area contributed by atoms with E-state index in [-0.39, 0.29) is 4.90 Å². The van der Waals surface area contributed by atoms with Gasteiger partial charge in [-0.15, -0.1) is 0 Å². The molecule has 0 unspecified atom stereocenters. The highest BCUT2D eigenvalue weighted by molar-refractivity contribution is 9.10. The van der Waals surface area contributed by atoms with Gasteiger partial charge in [-0.3, -0.25) is 4.79 Å². The third-order valence-electron chi connectivity index (χ3n) is 5.27. The molecule has 1 amide bonds. The number of hydrogen-bond donors (Lipinski definition) is 0. The largest absolute Gasteiger partial charge is 0.318 e. The number of hydrogen-bond acceptors (Lipinski definition) is 4. The summed E-state index contributed by atoms with van der Waals surface area (Å²) in [6.45, 7) is 1.10. The lowest BCUT2D eigenvalue weighted by Crippen LogP contribution is -2.31. The average molecular weight is 508 g/mol. The summed E-state index contributed by atoms with van der Waals surface area (Å²) in [6, 6.07) is 12.0. The minimum absolute atomic E-state index is 0.220. The molecule has 30 heavy (non-hydrogen) atoms. The Labute approximate surface area is 188 Å². The molecule has 0 N–H and O–H groups in total. The third-order valence-corrected chi connectivity index (χ3v) is 8.92. The fraction of sp³-hybridized carbons (Fsp3) is 0.333. The molecule has 1 aliphatic rings. The van der Waals surface area contributed by atoms with E-state index in [0.717, 1.165) is 40.4 Å². The zero-order valence-electron chi connectivity index (χ0n) is 16.5. The van der Waals surface area contributed by atoms with Crippen LogP contribution < -0.4 is 4.80 Å². The van der Waals surface area contributed by atoms with E-state index in [1.165, 1.54) is 23.5 Å². The quantitative estimate of drug-likeness (QED) is 0.530. The van der Waals surface area contributed by atoms with E-state index < -0.39 is 15.9 Å². The highest BCUT2D eigenvalue weighted by Gasteiger charge is 2.25. The second kappa shape index (κ2) is 8.74. The summed E-state index contributed by atoms with van der Waals surface area (Å²) in [5.74, 6) is -0.396. The topological polar surface area (TPSA) is 71.7 Å². The van der Waals surface area contributed by atoms with Gasteiger partial charge in [0, 0.05) is 30.2 Å². The van der Waals surface area contributed by atoms with Crippen LogP contribution >= 0.6 is 27.3 Å². The molecule has 1 fully saturated rings. The predicted octanol–water partition coefficient (Wildman–Crippen LogP) is 4.31. The van der Waals surface area contributed by atoms with Crippen LogP contribution in [0.3, 0.4) is 0 Å². The Bertz CT molecular complexity index is 1250. The molecule has 0 atom stereocenters.